The van der Waals surface area contributed by atoms with Crippen molar-refractivity contribution in [3.05, 3.63) is 69.3 Å². The first kappa shape index (κ1) is 32.8. The van der Waals surface area contributed by atoms with Gasteiger partial charge in [0.2, 0.25) is 5.91 Å². The molecule has 224 valence electrons. The molecule has 12 heteroatoms. The van der Waals surface area contributed by atoms with Crippen molar-refractivity contribution in [3.8, 4) is 0 Å². The van der Waals surface area contributed by atoms with Gasteiger partial charge in [0.1, 0.15) is 0 Å². The highest BCUT2D eigenvalue weighted by molar-refractivity contribution is 14.1. The van der Waals surface area contributed by atoms with Crippen molar-refractivity contribution < 1.29 is 37.4 Å². The van der Waals surface area contributed by atoms with Gasteiger partial charge in [-0.15, -0.1) is 0 Å². The minimum atomic E-state index is -5.31. The van der Waals surface area contributed by atoms with Gasteiger partial charge in [0, 0.05) is 42.6 Å². The molecule has 3 rings (SSSR count). The van der Waals surface area contributed by atoms with Crippen LogP contribution in [0.25, 0.3) is 0 Å². The number of aliphatic hydroxyl groups excluding tert-OH is 1. The molecule has 1 heterocycles. The second-order valence-electron chi connectivity index (χ2n) is 10.0. The summed E-state index contributed by atoms with van der Waals surface area (Å²) < 4.78 is 44.6. The molecule has 0 saturated carbocycles. The molecule has 3 atom stereocenters. The van der Waals surface area contributed by atoms with Crippen molar-refractivity contribution in [2.75, 3.05) is 19.6 Å². The number of nitrogens with zero attached hydrogens (tertiary/aromatic N) is 1. The van der Waals surface area contributed by atoms with E-state index in [1.54, 1.807) is 29.2 Å². The van der Waals surface area contributed by atoms with Gasteiger partial charge in [-0.25, -0.2) is 4.79 Å². The number of esters is 1. The summed E-state index contributed by atoms with van der Waals surface area (Å²) in [6.07, 6.45) is -6.15. The molecule has 3 N–H and O–H groups in total. The quantitative estimate of drug-likeness (QED) is 0.219. The van der Waals surface area contributed by atoms with Gasteiger partial charge in [-0.3, -0.25) is 9.59 Å². The van der Waals surface area contributed by atoms with E-state index in [4.69, 9.17) is 0 Å². The second-order valence-corrected chi connectivity index (χ2v) is 11.3. The number of rotatable bonds is 13. The maximum absolute atomic E-state index is 13.2. The lowest BCUT2D eigenvalue weighted by molar-refractivity contribution is -0.205. The van der Waals surface area contributed by atoms with Crippen molar-refractivity contribution in [2.24, 2.45) is 0 Å². The van der Waals surface area contributed by atoms with Crippen molar-refractivity contribution in [3.63, 3.8) is 0 Å². The van der Waals surface area contributed by atoms with Crippen molar-refractivity contribution in [1.82, 2.24) is 15.5 Å². The van der Waals surface area contributed by atoms with Crippen molar-refractivity contribution in [2.45, 2.75) is 69.5 Å². The smallest absolute Gasteiger partial charge is 0.446 e. The highest BCUT2D eigenvalue weighted by Crippen LogP contribution is 2.20. The molecule has 2 aromatic rings. The first-order valence-electron chi connectivity index (χ1n) is 13.6. The van der Waals surface area contributed by atoms with Gasteiger partial charge in [0.15, 0.2) is 6.10 Å². The number of hydrogen-bond acceptors (Lipinski definition) is 6. The highest BCUT2D eigenvalue weighted by atomic mass is 127. The number of alkyl halides is 3. The normalized spacial score (nSPS) is 16.0. The molecule has 0 spiro atoms. The van der Waals surface area contributed by atoms with Crippen LogP contribution in [0.1, 0.15) is 43.2 Å². The Morgan fingerprint density at radius 3 is 2.34 bits per heavy atom. The fraction of sp³-hybridized carbons (Fsp3) is 0.483. The number of carbonyl (C=O) groups is 3. The zero-order valence-corrected chi connectivity index (χ0v) is 24.7. The summed E-state index contributed by atoms with van der Waals surface area (Å²) in [7, 11) is 0. The lowest BCUT2D eigenvalue weighted by Crippen LogP contribution is -2.52. The molecule has 0 bridgehead atoms. The first-order valence-corrected chi connectivity index (χ1v) is 14.6. The minimum absolute atomic E-state index is 0.0731. The molecular formula is C29H35F3IN3O5. The maximum atomic E-state index is 13.2. The van der Waals surface area contributed by atoms with Gasteiger partial charge >= 0.3 is 12.1 Å². The van der Waals surface area contributed by atoms with E-state index in [2.05, 4.69) is 38.0 Å². The monoisotopic (exact) mass is 689 g/mol. The Morgan fingerprint density at radius 1 is 1.00 bits per heavy atom. The number of nitrogens with one attached hydrogen (secondary N) is 2. The number of hydrogen-bond donors (Lipinski definition) is 3. The number of amides is 2. The number of piperidine rings is 1. The predicted molar refractivity (Wildman–Crippen MR) is 155 cm³/mol. The third-order valence-electron chi connectivity index (χ3n) is 6.76. The van der Waals surface area contributed by atoms with Crippen LogP contribution in [0, 0.1) is 3.57 Å². The van der Waals surface area contributed by atoms with Crippen LogP contribution in [0.5, 0.6) is 0 Å². The molecule has 1 saturated heterocycles. The molecule has 41 heavy (non-hydrogen) atoms. The molecule has 0 aliphatic carbocycles. The molecule has 1 aliphatic rings. The van der Waals surface area contributed by atoms with E-state index in [1.807, 2.05) is 30.3 Å². The largest absolute Gasteiger partial charge is 0.490 e. The Morgan fingerprint density at radius 2 is 1.68 bits per heavy atom. The van der Waals surface area contributed by atoms with E-state index in [0.29, 0.717) is 19.6 Å². The molecule has 1 aliphatic heterocycles. The summed E-state index contributed by atoms with van der Waals surface area (Å²) in [6.45, 7) is 1.60. The average molecular weight is 690 g/mol. The zero-order chi connectivity index (χ0) is 29.8. The zero-order valence-electron chi connectivity index (χ0n) is 22.5. The fourth-order valence-corrected chi connectivity index (χ4v) is 5.18. The Bertz CT molecular complexity index is 1150. The van der Waals surface area contributed by atoms with Crippen molar-refractivity contribution in [1.29, 1.82) is 0 Å². The summed E-state index contributed by atoms with van der Waals surface area (Å²) in [6, 6.07) is 15.8. The van der Waals surface area contributed by atoms with Crippen LogP contribution in [-0.2, 0) is 32.1 Å². The summed E-state index contributed by atoms with van der Waals surface area (Å²) in [5, 5.41) is 16.7. The highest BCUT2D eigenvalue weighted by Gasteiger charge is 2.43. The SMILES string of the molecule is O=C(N[C@@H](Cc1ccccc1)[C@H](O)CNCc1cccc(I)c1)C(CCC(=O)N1CCCCC1)OC(=O)C(F)(F)F. The van der Waals surface area contributed by atoms with E-state index in [-0.39, 0.29) is 25.3 Å². The summed E-state index contributed by atoms with van der Waals surface area (Å²) in [5.41, 5.74) is 1.77. The van der Waals surface area contributed by atoms with Gasteiger partial charge in [0.05, 0.1) is 12.1 Å². The average Bonchev–Trinajstić information content (AvgIpc) is 2.95. The second kappa shape index (κ2) is 16.1. The van der Waals surface area contributed by atoms with Crippen LogP contribution in [0.3, 0.4) is 0 Å². The van der Waals surface area contributed by atoms with Crippen LogP contribution in [0.2, 0.25) is 0 Å². The first-order chi connectivity index (χ1) is 19.5. The van der Waals surface area contributed by atoms with E-state index in [0.717, 1.165) is 34.0 Å². The standard InChI is InChI=1S/C29H35F3IN3O5/c30-29(31,32)28(40)41-25(12-13-26(38)36-14-5-2-6-15-36)27(39)35-23(17-20-8-3-1-4-9-20)24(37)19-34-18-21-10-7-11-22(33)16-21/h1,3-4,7-11,16,23-25,34,37H,2,5-6,12-15,17-19H2,(H,35,39)/t23-,24+,25?/m0/s1. The van der Waals surface area contributed by atoms with Gasteiger partial charge < -0.3 is 25.4 Å². The van der Waals surface area contributed by atoms with Gasteiger partial charge in [-0.05, 0) is 71.5 Å². The minimum Gasteiger partial charge on any atom is -0.446 e. The number of carbonyl (C=O) groups excluding carboxylic acids is 3. The van der Waals surface area contributed by atoms with Gasteiger partial charge in [-0.2, -0.15) is 13.2 Å². The number of ether oxygens (including phenoxy) is 1. The van der Waals surface area contributed by atoms with Crippen LogP contribution >= 0.6 is 22.6 Å². The fourth-order valence-electron chi connectivity index (χ4n) is 4.58. The Labute approximate surface area is 251 Å². The topological polar surface area (TPSA) is 108 Å². The number of benzene rings is 2. The summed E-state index contributed by atoms with van der Waals surface area (Å²) in [5.74, 6) is -3.83. The number of halogens is 4. The summed E-state index contributed by atoms with van der Waals surface area (Å²) in [4.78, 5) is 39.1. The molecule has 1 fully saturated rings. The van der Waals surface area contributed by atoms with E-state index in [9.17, 15) is 32.7 Å². The Kier molecular flexibility index (Phi) is 12.9. The van der Waals surface area contributed by atoms with Crippen molar-refractivity contribution >= 4 is 40.4 Å². The van der Waals surface area contributed by atoms with Crippen LogP contribution in [0.4, 0.5) is 13.2 Å². The van der Waals surface area contributed by atoms with Crippen LogP contribution < -0.4 is 10.6 Å². The van der Waals surface area contributed by atoms with E-state index in [1.165, 1.54) is 0 Å². The predicted octanol–water partition coefficient (Wildman–Crippen LogP) is 3.74. The van der Waals surface area contributed by atoms with E-state index >= 15 is 0 Å². The van der Waals surface area contributed by atoms with Gasteiger partial charge in [-0.1, -0.05) is 42.5 Å². The molecule has 2 aromatic carbocycles. The third kappa shape index (κ3) is 11.2. The number of aliphatic hydroxyl groups is 1. The molecule has 1 unspecified atom stereocenters. The molecule has 0 radical (unpaired) electrons. The summed E-state index contributed by atoms with van der Waals surface area (Å²) >= 11 is 2.19. The Hall–Kier alpha value is -2.71. The lowest BCUT2D eigenvalue weighted by atomic mass is 10.00. The van der Waals surface area contributed by atoms with E-state index < -0.39 is 42.7 Å². The third-order valence-corrected chi connectivity index (χ3v) is 7.44. The Balaban J connectivity index is 1.70. The number of likely N-dealkylation sites (tertiary alicyclic amines) is 1. The molecular weight excluding hydrogens is 654 g/mol. The molecule has 2 amide bonds. The molecule has 8 nitrogen and oxygen atoms in total. The lowest BCUT2D eigenvalue weighted by Gasteiger charge is -2.29. The van der Waals surface area contributed by atoms with Crippen LogP contribution in [0.15, 0.2) is 54.6 Å². The van der Waals surface area contributed by atoms with Gasteiger partial charge in [0.25, 0.3) is 5.91 Å². The molecule has 0 aromatic heterocycles. The van der Waals surface area contributed by atoms with Crippen LogP contribution in [-0.4, -0.2) is 71.9 Å². The maximum Gasteiger partial charge on any atom is 0.490 e.